The van der Waals surface area contributed by atoms with Crippen LogP contribution in [0.25, 0.3) is 6.08 Å². The predicted molar refractivity (Wildman–Crippen MR) is 171 cm³/mol. The molecule has 0 atom stereocenters. The molecule has 0 aliphatic carbocycles. The predicted octanol–water partition coefficient (Wildman–Crippen LogP) is 7.62. The van der Waals surface area contributed by atoms with E-state index in [9.17, 15) is 9.59 Å². The van der Waals surface area contributed by atoms with Crippen LogP contribution >= 0.6 is 0 Å². The third-order valence-corrected chi connectivity index (χ3v) is 6.60. The van der Waals surface area contributed by atoms with Gasteiger partial charge in [0.15, 0.2) is 0 Å². The Labute approximate surface area is 255 Å². The number of esters is 2. The van der Waals surface area contributed by atoms with Crippen LogP contribution < -0.4 is 25.7 Å². The Morgan fingerprint density at radius 2 is 1.16 bits per heavy atom. The maximum atomic E-state index is 12.2. The van der Waals surface area contributed by atoms with Crippen LogP contribution in [0.1, 0.15) is 80.6 Å². The lowest BCUT2D eigenvalue weighted by Crippen LogP contribution is -2.07. The minimum absolute atomic E-state index is 0.380. The Morgan fingerprint density at radius 3 is 1.77 bits per heavy atom. The maximum absolute atomic E-state index is 12.2. The van der Waals surface area contributed by atoms with Crippen LogP contribution in [0, 0.1) is 0 Å². The molecule has 3 aromatic rings. The number of nitrogen functional groups attached to an aromatic ring is 2. The van der Waals surface area contributed by atoms with E-state index in [0.29, 0.717) is 42.5 Å². The second-order valence-corrected chi connectivity index (χ2v) is 10.3. The molecule has 0 saturated carbocycles. The quantitative estimate of drug-likeness (QED) is 0.0482. The first-order valence-corrected chi connectivity index (χ1v) is 15.1. The van der Waals surface area contributed by atoms with Crippen molar-refractivity contribution in [3.63, 3.8) is 0 Å². The highest BCUT2D eigenvalue weighted by molar-refractivity contribution is 5.91. The van der Waals surface area contributed by atoms with Crippen molar-refractivity contribution in [3.8, 4) is 17.2 Å². The smallest absolute Gasteiger partial charge is 0.338 e. The van der Waals surface area contributed by atoms with Crippen LogP contribution in [-0.2, 0) is 9.53 Å². The summed E-state index contributed by atoms with van der Waals surface area (Å²) in [5.41, 5.74) is 13.6. The third kappa shape index (κ3) is 13.4. The van der Waals surface area contributed by atoms with Crippen molar-refractivity contribution in [2.45, 2.75) is 64.7 Å². The fraction of sp³-hybridized carbons (Fsp3) is 0.371. The summed E-state index contributed by atoms with van der Waals surface area (Å²) >= 11 is 0. The highest BCUT2D eigenvalue weighted by Gasteiger charge is 2.08. The Hall–Kier alpha value is -4.46. The zero-order valence-corrected chi connectivity index (χ0v) is 25.1. The molecule has 4 N–H and O–H groups in total. The molecule has 8 nitrogen and oxygen atoms in total. The van der Waals surface area contributed by atoms with Gasteiger partial charge < -0.3 is 30.4 Å². The van der Waals surface area contributed by atoms with E-state index in [1.165, 1.54) is 6.08 Å². The minimum atomic E-state index is -0.443. The van der Waals surface area contributed by atoms with Gasteiger partial charge in [-0.05, 0) is 85.5 Å². The van der Waals surface area contributed by atoms with E-state index in [1.807, 2.05) is 24.3 Å². The minimum Gasteiger partial charge on any atom is -0.494 e. The molecule has 0 heterocycles. The molecule has 0 radical (unpaired) electrons. The van der Waals surface area contributed by atoms with Crippen LogP contribution in [0.5, 0.6) is 17.2 Å². The SMILES string of the molecule is CCCCCOc1ccc(OC(=O)/C=C/c2ccc(OCCCCCCCCOC(=O)c3cc(N)cc(N)c3)cc2)cc1. The van der Waals surface area contributed by atoms with Crippen LogP contribution in [0.15, 0.2) is 72.8 Å². The van der Waals surface area contributed by atoms with Crippen molar-refractivity contribution in [1.82, 2.24) is 0 Å². The van der Waals surface area contributed by atoms with Crippen LogP contribution in [-0.4, -0.2) is 31.8 Å². The molecule has 43 heavy (non-hydrogen) atoms. The number of hydrogen-bond donors (Lipinski definition) is 2. The van der Waals surface area contributed by atoms with Gasteiger partial charge in [0.25, 0.3) is 0 Å². The van der Waals surface area contributed by atoms with Gasteiger partial charge in [-0.15, -0.1) is 0 Å². The summed E-state index contributed by atoms with van der Waals surface area (Å²) in [6.45, 7) is 3.87. The number of unbranched alkanes of at least 4 members (excludes halogenated alkanes) is 7. The topological polar surface area (TPSA) is 123 Å². The molecule has 0 aliphatic rings. The van der Waals surface area contributed by atoms with E-state index in [4.69, 9.17) is 30.4 Å². The molecule has 8 heteroatoms. The van der Waals surface area contributed by atoms with Gasteiger partial charge in [-0.1, -0.05) is 57.6 Å². The molecule has 3 rings (SSSR count). The normalized spacial score (nSPS) is 10.9. The first-order chi connectivity index (χ1) is 20.9. The van der Waals surface area contributed by atoms with Gasteiger partial charge >= 0.3 is 11.9 Å². The maximum Gasteiger partial charge on any atom is 0.338 e. The largest absolute Gasteiger partial charge is 0.494 e. The van der Waals surface area contributed by atoms with E-state index < -0.39 is 11.9 Å². The number of benzene rings is 3. The molecule has 0 amide bonds. The first-order valence-electron chi connectivity index (χ1n) is 15.1. The lowest BCUT2D eigenvalue weighted by atomic mass is 10.1. The number of ether oxygens (including phenoxy) is 4. The standard InChI is InChI=1S/C35H44N2O6/c1-2-3-8-21-40-32-16-18-33(19-17-32)43-34(38)20-13-27-11-14-31(15-12-27)41-22-9-6-4-5-7-10-23-42-35(39)28-24-29(36)26-30(37)25-28/h11-20,24-26H,2-10,21-23,36-37H2,1H3/b20-13+. The molecule has 0 aromatic heterocycles. The lowest BCUT2D eigenvalue weighted by Gasteiger charge is -2.08. The van der Waals surface area contributed by atoms with Crippen molar-refractivity contribution in [1.29, 1.82) is 0 Å². The summed E-state index contributed by atoms with van der Waals surface area (Å²) in [6, 6.07) is 19.4. The van der Waals surface area contributed by atoms with Gasteiger partial charge in [0.05, 0.1) is 25.4 Å². The number of anilines is 2. The van der Waals surface area contributed by atoms with Crippen LogP contribution in [0.4, 0.5) is 11.4 Å². The summed E-state index contributed by atoms with van der Waals surface area (Å²) in [5.74, 6) is 1.19. The van der Waals surface area contributed by atoms with Crippen molar-refractivity contribution < 1.29 is 28.5 Å². The summed E-state index contributed by atoms with van der Waals surface area (Å²) < 4.78 is 22.2. The molecular weight excluding hydrogens is 544 g/mol. The van der Waals surface area contributed by atoms with E-state index in [1.54, 1.807) is 48.5 Å². The van der Waals surface area contributed by atoms with Gasteiger partial charge in [0, 0.05) is 17.5 Å². The van der Waals surface area contributed by atoms with Crippen molar-refractivity contribution in [2.24, 2.45) is 0 Å². The Balaban J connectivity index is 1.22. The summed E-state index contributed by atoms with van der Waals surface area (Å²) in [7, 11) is 0. The summed E-state index contributed by atoms with van der Waals surface area (Å²) in [5, 5.41) is 0. The van der Waals surface area contributed by atoms with Crippen molar-refractivity contribution in [3.05, 3.63) is 83.9 Å². The van der Waals surface area contributed by atoms with E-state index in [2.05, 4.69) is 6.92 Å². The summed E-state index contributed by atoms with van der Waals surface area (Å²) in [6.07, 6.45) is 12.5. The van der Waals surface area contributed by atoms with E-state index in [0.717, 1.165) is 74.8 Å². The van der Waals surface area contributed by atoms with Crippen LogP contribution in [0.2, 0.25) is 0 Å². The molecule has 3 aromatic carbocycles. The Kier molecular flexibility index (Phi) is 14.5. The van der Waals surface area contributed by atoms with Gasteiger partial charge in [-0.2, -0.15) is 0 Å². The molecule has 0 fully saturated rings. The second-order valence-electron chi connectivity index (χ2n) is 10.3. The second kappa shape index (κ2) is 18.9. The van der Waals surface area contributed by atoms with Gasteiger partial charge in [0.2, 0.25) is 0 Å². The Morgan fingerprint density at radius 1 is 0.651 bits per heavy atom. The number of carbonyl (C=O) groups is 2. The fourth-order valence-electron chi connectivity index (χ4n) is 4.28. The number of nitrogens with two attached hydrogens (primary N) is 2. The van der Waals surface area contributed by atoms with Crippen molar-refractivity contribution >= 4 is 29.4 Å². The lowest BCUT2D eigenvalue weighted by molar-refractivity contribution is -0.128. The van der Waals surface area contributed by atoms with E-state index in [-0.39, 0.29) is 0 Å². The molecule has 0 spiro atoms. The zero-order chi connectivity index (χ0) is 30.7. The Bertz CT molecular complexity index is 1270. The summed E-state index contributed by atoms with van der Waals surface area (Å²) in [4.78, 5) is 24.3. The molecule has 0 bridgehead atoms. The molecule has 230 valence electrons. The monoisotopic (exact) mass is 588 g/mol. The molecular formula is C35H44N2O6. The van der Waals surface area contributed by atoms with Gasteiger partial charge in [0.1, 0.15) is 17.2 Å². The number of hydrogen-bond acceptors (Lipinski definition) is 8. The molecule has 0 aliphatic heterocycles. The highest BCUT2D eigenvalue weighted by atomic mass is 16.5. The first kappa shape index (κ1) is 33.0. The molecule has 0 unspecified atom stereocenters. The van der Waals surface area contributed by atoms with Crippen molar-refractivity contribution in [2.75, 3.05) is 31.3 Å². The van der Waals surface area contributed by atoms with Gasteiger partial charge in [-0.3, -0.25) is 0 Å². The third-order valence-electron chi connectivity index (χ3n) is 6.60. The number of rotatable bonds is 19. The zero-order valence-electron chi connectivity index (χ0n) is 25.1. The average Bonchev–Trinajstić information content (AvgIpc) is 3.00. The molecule has 0 saturated heterocycles. The van der Waals surface area contributed by atoms with Crippen LogP contribution in [0.3, 0.4) is 0 Å². The van der Waals surface area contributed by atoms with E-state index >= 15 is 0 Å². The number of carbonyl (C=O) groups excluding carboxylic acids is 2. The average molecular weight is 589 g/mol. The highest BCUT2D eigenvalue weighted by Crippen LogP contribution is 2.19. The fourth-order valence-corrected chi connectivity index (χ4v) is 4.28. The van der Waals surface area contributed by atoms with Gasteiger partial charge in [-0.25, -0.2) is 9.59 Å².